The van der Waals surface area contributed by atoms with E-state index < -0.39 is 30.1 Å². The summed E-state index contributed by atoms with van der Waals surface area (Å²) < 4.78 is 93.8. The highest BCUT2D eigenvalue weighted by Crippen LogP contribution is 2.32. The van der Waals surface area contributed by atoms with Gasteiger partial charge in [-0.3, -0.25) is 29.5 Å². The second kappa shape index (κ2) is 85.1. The lowest BCUT2D eigenvalue weighted by Crippen LogP contribution is -2.28. The van der Waals surface area contributed by atoms with Gasteiger partial charge in [-0.05, 0) is 257 Å². The summed E-state index contributed by atoms with van der Waals surface area (Å²) in [6.45, 7) is 13.6. The topological polar surface area (TPSA) is 341 Å². The van der Waals surface area contributed by atoms with Crippen LogP contribution in [0.1, 0.15) is 197 Å². The van der Waals surface area contributed by atoms with Crippen LogP contribution in [0.4, 0.5) is 22.0 Å². The molecular weight excluding hydrogens is 1920 g/mol. The average Bonchev–Trinajstić information content (AvgIpc) is 0.869. The van der Waals surface area contributed by atoms with Gasteiger partial charge in [0.15, 0.2) is 0 Å². The van der Waals surface area contributed by atoms with Gasteiger partial charge in [0.1, 0.15) is 36.2 Å². The minimum absolute atomic E-state index is 0.0915. The lowest BCUT2D eigenvalue weighted by Gasteiger charge is -2.29. The van der Waals surface area contributed by atoms with E-state index in [4.69, 9.17) is 54.3 Å². The highest BCUT2D eigenvalue weighted by molar-refractivity contribution is 5.93. The molecule has 148 heavy (non-hydrogen) atoms. The molecule has 804 valence electrons. The normalized spacial score (nSPS) is 14.1. The van der Waals surface area contributed by atoms with E-state index in [2.05, 4.69) is 50.3 Å². The Morgan fingerprint density at radius 3 is 0.959 bits per heavy atom. The van der Waals surface area contributed by atoms with Crippen molar-refractivity contribution in [1.29, 1.82) is 0 Å². The molecule has 32 heteroatoms. The average molecular weight is 2060 g/mol. The Morgan fingerprint density at radius 2 is 0.676 bits per heavy atom. The number of halogens is 5. The van der Waals surface area contributed by atoms with Crippen molar-refractivity contribution in [3.8, 4) is 23.0 Å². The molecule has 27 nitrogen and oxygen atoms in total. The number of pyridine rings is 1. The maximum Gasteiger partial charge on any atom is 0.386 e. The summed E-state index contributed by atoms with van der Waals surface area (Å²) in [7, 11) is 9.27. The quantitative estimate of drug-likeness (QED) is 0.00476. The fourth-order valence-corrected chi connectivity index (χ4v) is 12.6. The Kier molecular flexibility index (Phi) is 75.9. The lowest BCUT2D eigenvalue weighted by atomic mass is 9.84. The molecule has 0 saturated heterocycles. The zero-order valence-electron chi connectivity index (χ0n) is 86.9. The van der Waals surface area contributed by atoms with Crippen LogP contribution in [0.5, 0.6) is 23.0 Å². The summed E-state index contributed by atoms with van der Waals surface area (Å²) in [6, 6.07) is 81.7. The summed E-state index contributed by atoms with van der Waals surface area (Å²) >= 11 is 0. The van der Waals surface area contributed by atoms with E-state index in [-0.39, 0.29) is 55.4 Å². The largest absolute Gasteiger partial charge is 0.497 e. The molecule has 2 saturated carbocycles. The predicted octanol–water partition coefficient (Wildman–Crippen LogP) is 26.6. The molecule has 0 spiro atoms. The van der Waals surface area contributed by atoms with Gasteiger partial charge in [0, 0.05) is 49.2 Å². The number of methoxy groups -OCH3 is 6. The van der Waals surface area contributed by atoms with Crippen LogP contribution < -0.4 is 18.9 Å². The SMILES string of the molecule is CC.CC(CCc1ccccn1)OO.CC(F)(F)F.CC(OO)C1CCC(OOCc2ccccc2)CC1.CC(OO)C1CCC(OOCc2ccccc2)CC1.CCCCCCOc1ccc(C(=O)Oc2ccc(C=CC(=O)OC)cc2)cc1.CF.CF.COC(=O)/C=C/c1ccccc1.COC(=O)/C=C/c1ccccc1.COC(=O)/C=C/c1ccccc1.COC(=O)C=Cc1ccc(OC(=O)c2ccc(OC)cc2)cc1. The van der Waals surface area contributed by atoms with Crippen molar-refractivity contribution in [2.75, 3.05) is 63.6 Å². The highest BCUT2D eigenvalue weighted by atomic mass is 19.4. The summed E-state index contributed by atoms with van der Waals surface area (Å²) in [5, 5.41) is 25.6. The number of carbonyl (C=O) groups excluding carboxylic acids is 7. The number of aryl methyl sites for hydroxylation is 1. The first-order chi connectivity index (χ1) is 71.6. The maximum absolute atomic E-state index is 12.3. The molecule has 2 aliphatic rings. The Balaban J connectivity index is 0.000000847. The van der Waals surface area contributed by atoms with E-state index in [1.165, 1.54) is 78.8 Å². The first-order valence-electron chi connectivity index (χ1n) is 47.9. The van der Waals surface area contributed by atoms with Crippen molar-refractivity contribution in [3.63, 3.8) is 0 Å². The number of benzene rings is 9. The van der Waals surface area contributed by atoms with Gasteiger partial charge in [-0.2, -0.15) is 13.2 Å². The number of esters is 7. The Hall–Kier alpha value is -14.0. The standard InChI is InChI=1S/C23H26O5.C18H16O5.2C15H22O4.3C10H10O2.C9H13NO2.C2H3F3.C2H6.2CH3F/c1-3-4-5-6-17-27-20-14-10-19(11-15-20)23(25)28-21-12-7-18(8-13-21)9-16-22(24)26-2;1-21-15-10-6-14(7-11-15)18(20)23-16-8-3-13(4-9-16)5-12-17(19)22-2;2*1-12(18-16)14-7-9-15(10-8-14)19-17-11-13-5-3-2-4-6-13;3*1-12-10(11)8-7-9-5-3-2-4-6-9;1-8(12-11)5-6-9-4-2-3-7-10-9;1-2(3,4)5;3*1-2/h7-16H,3-6,17H2,1-2H3;3-12H,1-2H3;2*2-6,12,14-16H,7-11H2,1H3;3*2-8H,1H3;2-4,7-8,11H,5-6H2,1H3;1H3;1-2H3;2*1H3/b;;;;3*8-7+;;;;;. The van der Waals surface area contributed by atoms with E-state index in [1.807, 2.05) is 204 Å². The molecule has 12 rings (SSSR count). The molecule has 0 amide bonds. The molecule has 0 bridgehead atoms. The Bertz CT molecular complexity index is 4990. The number of aromatic nitrogens is 1. The molecule has 3 unspecified atom stereocenters. The monoisotopic (exact) mass is 2060 g/mol. The second-order valence-corrected chi connectivity index (χ2v) is 31.5. The fourth-order valence-electron chi connectivity index (χ4n) is 12.6. The third kappa shape index (κ3) is 66.2. The molecule has 10 aromatic rings. The van der Waals surface area contributed by atoms with E-state index in [9.17, 15) is 55.5 Å². The van der Waals surface area contributed by atoms with Gasteiger partial charge in [0.2, 0.25) is 0 Å². The lowest BCUT2D eigenvalue weighted by molar-refractivity contribution is -0.340. The van der Waals surface area contributed by atoms with Crippen molar-refractivity contribution in [3.05, 3.63) is 359 Å². The van der Waals surface area contributed by atoms with Crippen molar-refractivity contribution < 1.29 is 148 Å². The maximum atomic E-state index is 12.3. The summed E-state index contributed by atoms with van der Waals surface area (Å²) in [5.74, 6) is 0.340. The number of alkyl halides is 5. The fraction of sp³-hybridized carbons (Fsp3) is 0.345. The van der Waals surface area contributed by atoms with Crippen LogP contribution in [-0.4, -0.2) is 163 Å². The van der Waals surface area contributed by atoms with Crippen LogP contribution in [0.25, 0.3) is 30.4 Å². The number of hydrogen-bond acceptors (Lipinski definition) is 27. The molecule has 1 heterocycles. The number of rotatable bonds is 37. The minimum atomic E-state index is -4.00. The Morgan fingerprint density at radius 1 is 0.378 bits per heavy atom. The Labute approximate surface area is 866 Å². The van der Waals surface area contributed by atoms with Gasteiger partial charge in [0.05, 0.1) is 105 Å². The third-order valence-corrected chi connectivity index (χ3v) is 20.7. The molecule has 0 radical (unpaired) electrons. The number of hydrogen-bond donors (Lipinski definition) is 3. The molecule has 0 aliphatic heterocycles. The number of ether oxygens (including phenoxy) is 9. The van der Waals surface area contributed by atoms with E-state index in [0.29, 0.717) is 74.4 Å². The van der Waals surface area contributed by atoms with Gasteiger partial charge in [0.25, 0.3) is 0 Å². The summed E-state index contributed by atoms with van der Waals surface area (Å²) in [4.78, 5) is 117. The van der Waals surface area contributed by atoms with Gasteiger partial charge in [-0.25, -0.2) is 67.8 Å². The smallest absolute Gasteiger partial charge is 0.386 e. The number of carbonyl (C=O) groups is 7. The van der Waals surface area contributed by atoms with Gasteiger partial charge in [-0.1, -0.05) is 222 Å². The van der Waals surface area contributed by atoms with Crippen molar-refractivity contribution in [2.24, 2.45) is 11.8 Å². The molecule has 2 fully saturated rings. The molecular formula is C116H144F5NO26. The number of unbranched alkanes of at least 4 members (excludes halogenated alkanes) is 3. The zero-order chi connectivity index (χ0) is 110. The first-order valence-corrected chi connectivity index (χ1v) is 47.9. The van der Waals surface area contributed by atoms with Crippen LogP contribution in [0.15, 0.2) is 303 Å². The van der Waals surface area contributed by atoms with E-state index >= 15 is 0 Å². The molecule has 2 aliphatic carbocycles. The zero-order valence-corrected chi connectivity index (χ0v) is 86.9. The summed E-state index contributed by atoms with van der Waals surface area (Å²) in [6.07, 6.45) is 27.0. The highest BCUT2D eigenvalue weighted by Gasteiger charge is 2.29. The van der Waals surface area contributed by atoms with Crippen LogP contribution in [0, 0.1) is 11.8 Å². The van der Waals surface area contributed by atoms with Crippen molar-refractivity contribution >= 4 is 72.2 Å². The van der Waals surface area contributed by atoms with Gasteiger partial charge in [-0.15, -0.1) is 0 Å². The van der Waals surface area contributed by atoms with Crippen LogP contribution in [0.2, 0.25) is 0 Å². The van der Waals surface area contributed by atoms with Crippen LogP contribution in [-0.2, 0) is 102 Å². The predicted molar refractivity (Wildman–Crippen MR) is 562 cm³/mol. The second-order valence-electron chi connectivity index (χ2n) is 31.5. The third-order valence-electron chi connectivity index (χ3n) is 20.7. The minimum Gasteiger partial charge on any atom is -0.497 e. The van der Waals surface area contributed by atoms with E-state index in [0.717, 1.165) is 127 Å². The molecule has 3 N–H and O–H groups in total. The molecule has 1 aromatic heterocycles. The van der Waals surface area contributed by atoms with Crippen molar-refractivity contribution in [1.82, 2.24) is 4.98 Å². The molecule has 3 atom stereocenters. The summed E-state index contributed by atoms with van der Waals surface area (Å²) in [5.41, 5.74) is 8.69. The van der Waals surface area contributed by atoms with E-state index in [1.54, 1.807) is 141 Å². The number of nitrogens with zero attached hydrogens (tertiary/aromatic N) is 1. The first kappa shape index (κ1) is 132. The molecule has 9 aromatic carbocycles. The van der Waals surface area contributed by atoms with Crippen LogP contribution in [0.3, 0.4) is 0 Å². The van der Waals surface area contributed by atoms with Gasteiger partial charge < -0.3 is 42.6 Å². The van der Waals surface area contributed by atoms with Gasteiger partial charge >= 0.3 is 48.0 Å². The van der Waals surface area contributed by atoms with Crippen LogP contribution >= 0.6 is 0 Å². The van der Waals surface area contributed by atoms with Crippen molar-refractivity contribution in [2.45, 2.75) is 188 Å².